The Hall–Kier alpha value is -4.41. The summed E-state index contributed by atoms with van der Waals surface area (Å²) in [6, 6.07) is 18.2. The minimum absolute atomic E-state index is 0.0216. The molecule has 4 aromatic rings. The molecule has 42 heavy (non-hydrogen) atoms. The SMILES string of the molecule is O=CC(=O)C(Nc1ccc(C(=O)N2CCC(O)(c3ccccc3Cl)CC2)cc1OC(F)F)c1cccc2cccnc12. The number of ether oxygens (including phenoxy) is 1. The Labute approximate surface area is 244 Å². The standard InChI is InChI=1S/C31H26ClF2N3O5/c32-23-9-2-1-8-22(23)31(41)12-15-37(16-13-31)29(40)20-10-11-24(26(17-20)42-30(33)34)36-28(25(39)18-38)21-7-3-5-19-6-4-14-35-27(19)21/h1-11,14,17-18,28,30,36,41H,12-13,15-16H2. The van der Waals surface area contributed by atoms with E-state index in [1.54, 1.807) is 54.6 Å². The number of nitrogens with zero attached hydrogens (tertiary/aromatic N) is 2. The number of pyridine rings is 1. The van der Waals surface area contributed by atoms with Crippen LogP contribution >= 0.6 is 11.6 Å². The summed E-state index contributed by atoms with van der Waals surface area (Å²) in [4.78, 5) is 43.4. The van der Waals surface area contributed by atoms with Gasteiger partial charge in [-0.3, -0.25) is 19.4 Å². The molecule has 8 nitrogen and oxygen atoms in total. The van der Waals surface area contributed by atoms with Crippen molar-refractivity contribution in [2.24, 2.45) is 0 Å². The number of rotatable bonds is 9. The van der Waals surface area contributed by atoms with Gasteiger partial charge in [0.2, 0.25) is 5.78 Å². The van der Waals surface area contributed by atoms with Crippen molar-refractivity contribution in [3.05, 3.63) is 101 Å². The molecule has 1 unspecified atom stereocenters. The number of halogens is 3. The Kier molecular flexibility index (Phi) is 8.46. The lowest BCUT2D eigenvalue weighted by Gasteiger charge is -2.39. The van der Waals surface area contributed by atoms with Gasteiger partial charge >= 0.3 is 6.61 Å². The summed E-state index contributed by atoms with van der Waals surface area (Å²) >= 11 is 6.28. The molecule has 3 aromatic carbocycles. The Morgan fingerprint density at radius 3 is 2.50 bits per heavy atom. The second-order valence-electron chi connectivity index (χ2n) is 9.91. The third-order valence-electron chi connectivity index (χ3n) is 7.37. The van der Waals surface area contributed by atoms with Crippen LogP contribution < -0.4 is 10.1 Å². The summed E-state index contributed by atoms with van der Waals surface area (Å²) in [6.07, 6.45) is 2.15. The first-order chi connectivity index (χ1) is 20.2. The molecular weight excluding hydrogens is 568 g/mol. The number of nitrogens with one attached hydrogen (secondary N) is 1. The molecule has 1 fully saturated rings. The van der Waals surface area contributed by atoms with E-state index in [1.165, 1.54) is 23.2 Å². The molecule has 1 saturated heterocycles. The van der Waals surface area contributed by atoms with Crippen molar-refractivity contribution in [3.63, 3.8) is 0 Å². The number of ketones is 1. The Morgan fingerprint density at radius 2 is 1.79 bits per heavy atom. The Balaban J connectivity index is 1.41. The van der Waals surface area contributed by atoms with Crippen LogP contribution in [0.1, 0.15) is 40.4 Å². The summed E-state index contributed by atoms with van der Waals surface area (Å²) in [5.74, 6) is -1.67. The van der Waals surface area contributed by atoms with Crippen LogP contribution in [0.3, 0.4) is 0 Å². The number of Topliss-reactive ketones (excluding diaryl/α,β-unsaturated/α-hetero) is 1. The monoisotopic (exact) mass is 593 g/mol. The molecule has 216 valence electrons. The summed E-state index contributed by atoms with van der Waals surface area (Å²) in [5.41, 5.74) is 0.257. The summed E-state index contributed by atoms with van der Waals surface area (Å²) in [5, 5.41) is 15.2. The Morgan fingerprint density at radius 1 is 1.05 bits per heavy atom. The van der Waals surface area contributed by atoms with Crippen LogP contribution in [-0.2, 0) is 15.2 Å². The van der Waals surface area contributed by atoms with E-state index in [0.717, 1.165) is 6.07 Å². The normalized spacial score (nSPS) is 15.3. The number of anilines is 1. The maximum absolute atomic E-state index is 13.4. The zero-order valence-corrected chi connectivity index (χ0v) is 22.9. The van der Waals surface area contributed by atoms with Gasteiger partial charge in [0.25, 0.3) is 5.91 Å². The first-order valence-electron chi connectivity index (χ1n) is 13.1. The number of fused-ring (bicyclic) bond motifs is 1. The molecule has 11 heteroatoms. The predicted molar refractivity (Wildman–Crippen MR) is 153 cm³/mol. The molecule has 0 bridgehead atoms. The average molecular weight is 594 g/mol. The molecule has 5 rings (SSSR count). The number of hydrogen-bond acceptors (Lipinski definition) is 7. The fourth-order valence-corrected chi connectivity index (χ4v) is 5.54. The largest absolute Gasteiger partial charge is 0.433 e. The van der Waals surface area contributed by atoms with Gasteiger partial charge in [0.15, 0.2) is 6.29 Å². The highest BCUT2D eigenvalue weighted by Gasteiger charge is 2.37. The van der Waals surface area contributed by atoms with E-state index < -0.39 is 29.9 Å². The number of benzene rings is 3. The van der Waals surface area contributed by atoms with Crippen LogP contribution in [0.4, 0.5) is 14.5 Å². The lowest BCUT2D eigenvalue weighted by atomic mass is 9.84. The maximum atomic E-state index is 13.4. The van der Waals surface area contributed by atoms with Crippen molar-refractivity contribution in [1.82, 2.24) is 9.88 Å². The highest BCUT2D eigenvalue weighted by atomic mass is 35.5. The highest BCUT2D eigenvalue weighted by Crippen LogP contribution is 2.38. The molecule has 1 aliphatic rings. The van der Waals surface area contributed by atoms with Crippen LogP contribution in [0.2, 0.25) is 5.02 Å². The van der Waals surface area contributed by atoms with E-state index in [-0.39, 0.29) is 49.2 Å². The minimum Gasteiger partial charge on any atom is -0.433 e. The van der Waals surface area contributed by atoms with Crippen LogP contribution in [0, 0.1) is 0 Å². The molecule has 1 aliphatic heterocycles. The van der Waals surface area contributed by atoms with E-state index in [9.17, 15) is 28.3 Å². The zero-order valence-electron chi connectivity index (χ0n) is 22.2. The molecule has 0 aliphatic carbocycles. The summed E-state index contributed by atoms with van der Waals surface area (Å²) in [6.45, 7) is -2.82. The average Bonchev–Trinajstić information content (AvgIpc) is 3.00. The fourth-order valence-electron chi connectivity index (χ4n) is 5.22. The number of likely N-dealkylation sites (tertiary alicyclic amines) is 1. The van der Waals surface area contributed by atoms with Crippen LogP contribution in [0.5, 0.6) is 5.75 Å². The topological polar surface area (TPSA) is 109 Å². The second kappa shape index (κ2) is 12.2. The smallest absolute Gasteiger partial charge is 0.387 e. The summed E-state index contributed by atoms with van der Waals surface area (Å²) < 4.78 is 31.6. The van der Waals surface area contributed by atoms with Crippen molar-refractivity contribution in [3.8, 4) is 5.75 Å². The van der Waals surface area contributed by atoms with Crippen molar-refractivity contribution in [2.75, 3.05) is 18.4 Å². The molecule has 0 spiro atoms. The van der Waals surface area contributed by atoms with Crippen LogP contribution in [-0.4, -0.2) is 52.7 Å². The van der Waals surface area contributed by atoms with Gasteiger partial charge < -0.3 is 20.1 Å². The van der Waals surface area contributed by atoms with Gasteiger partial charge in [-0.1, -0.05) is 54.1 Å². The van der Waals surface area contributed by atoms with Gasteiger partial charge in [0.05, 0.1) is 16.8 Å². The number of amides is 1. The minimum atomic E-state index is -3.23. The predicted octanol–water partition coefficient (Wildman–Crippen LogP) is 5.53. The lowest BCUT2D eigenvalue weighted by molar-refractivity contribution is -0.130. The number of piperidine rings is 1. The van der Waals surface area contributed by atoms with Gasteiger partial charge in [-0.15, -0.1) is 0 Å². The van der Waals surface area contributed by atoms with E-state index in [2.05, 4.69) is 10.3 Å². The second-order valence-corrected chi connectivity index (χ2v) is 10.3. The van der Waals surface area contributed by atoms with Crippen LogP contribution in [0.15, 0.2) is 79.0 Å². The third-order valence-corrected chi connectivity index (χ3v) is 7.70. The van der Waals surface area contributed by atoms with Gasteiger partial charge in [0.1, 0.15) is 11.8 Å². The molecular formula is C31H26ClF2N3O5. The zero-order chi connectivity index (χ0) is 29.9. The fraction of sp³-hybridized carbons (Fsp3) is 0.226. The van der Waals surface area contributed by atoms with Gasteiger partial charge in [-0.05, 0) is 43.2 Å². The first kappa shape index (κ1) is 29.1. The van der Waals surface area contributed by atoms with Crippen molar-refractivity contribution < 1.29 is 33.0 Å². The number of aldehydes is 1. The number of alkyl halides is 2. The summed E-state index contributed by atoms with van der Waals surface area (Å²) in [7, 11) is 0. The number of aromatic nitrogens is 1. The molecule has 0 saturated carbocycles. The molecule has 2 N–H and O–H groups in total. The van der Waals surface area contributed by atoms with Gasteiger partial charge in [-0.2, -0.15) is 8.78 Å². The van der Waals surface area contributed by atoms with Crippen molar-refractivity contribution >= 4 is 46.2 Å². The quantitative estimate of drug-likeness (QED) is 0.194. The van der Waals surface area contributed by atoms with E-state index in [0.29, 0.717) is 27.1 Å². The van der Waals surface area contributed by atoms with Crippen molar-refractivity contribution in [2.45, 2.75) is 31.1 Å². The van der Waals surface area contributed by atoms with Gasteiger partial charge in [0, 0.05) is 46.4 Å². The van der Waals surface area contributed by atoms with E-state index >= 15 is 0 Å². The third kappa shape index (κ3) is 5.95. The molecule has 1 amide bonds. The molecule has 1 atom stereocenters. The van der Waals surface area contributed by atoms with Crippen molar-refractivity contribution in [1.29, 1.82) is 0 Å². The number of hydrogen-bond donors (Lipinski definition) is 2. The van der Waals surface area contributed by atoms with E-state index in [1.807, 2.05) is 0 Å². The number of carbonyl (C=O) groups is 3. The number of aliphatic hydroxyl groups is 1. The molecule has 2 heterocycles. The lowest BCUT2D eigenvalue weighted by Crippen LogP contribution is -2.45. The van der Waals surface area contributed by atoms with Crippen LogP contribution in [0.25, 0.3) is 10.9 Å². The molecule has 1 aromatic heterocycles. The van der Waals surface area contributed by atoms with E-state index in [4.69, 9.17) is 16.3 Å². The number of carbonyl (C=O) groups excluding carboxylic acids is 3. The Bertz CT molecular complexity index is 1640. The maximum Gasteiger partial charge on any atom is 0.387 e. The number of para-hydroxylation sites is 1. The molecule has 0 radical (unpaired) electrons. The highest BCUT2D eigenvalue weighted by molar-refractivity contribution is 6.31. The first-order valence-corrected chi connectivity index (χ1v) is 13.5. The van der Waals surface area contributed by atoms with Gasteiger partial charge in [-0.25, -0.2) is 0 Å².